The summed E-state index contributed by atoms with van der Waals surface area (Å²) in [5, 5.41) is 13.0. The monoisotopic (exact) mass is 343 g/mol. The van der Waals surface area contributed by atoms with E-state index in [9.17, 15) is 14.7 Å². The van der Waals surface area contributed by atoms with E-state index in [1.807, 2.05) is 11.9 Å². The third-order valence-corrected chi connectivity index (χ3v) is 6.10. The smallest absolute Gasteiger partial charge is 0.208 e. The highest BCUT2D eigenvalue weighted by Crippen LogP contribution is 2.58. The Morgan fingerprint density at radius 1 is 1.44 bits per heavy atom. The van der Waals surface area contributed by atoms with Crippen LogP contribution in [0.5, 0.6) is 0 Å². The van der Waals surface area contributed by atoms with Crippen LogP contribution in [0.3, 0.4) is 0 Å². The Labute approximate surface area is 146 Å². The van der Waals surface area contributed by atoms with Crippen LogP contribution in [0.25, 0.3) is 0 Å². The number of ether oxygens (including phenoxy) is 1. The predicted octanol–water partition coefficient (Wildman–Crippen LogP) is -1.15. The van der Waals surface area contributed by atoms with Gasteiger partial charge in [-0.15, -0.1) is 6.42 Å². The second-order valence-corrected chi connectivity index (χ2v) is 6.96. The number of hydrogen-bond donors (Lipinski definition) is 2. The molecule has 7 heteroatoms. The van der Waals surface area contributed by atoms with Gasteiger partial charge in [-0.3, -0.25) is 14.5 Å². The average Bonchev–Trinajstić information content (AvgIpc) is 3.00. The van der Waals surface area contributed by atoms with Gasteiger partial charge in [-0.1, -0.05) is 5.92 Å². The van der Waals surface area contributed by atoms with Crippen molar-refractivity contribution in [1.82, 2.24) is 15.1 Å². The summed E-state index contributed by atoms with van der Waals surface area (Å²) in [5.41, 5.74) is 0.449. The van der Waals surface area contributed by atoms with Crippen molar-refractivity contribution in [2.45, 2.75) is 24.7 Å². The Hall–Kier alpha value is -2.14. The largest absolute Gasteiger partial charge is 0.396 e. The fourth-order valence-electron chi connectivity index (χ4n) is 4.92. The van der Waals surface area contributed by atoms with Crippen molar-refractivity contribution in [2.75, 3.05) is 33.9 Å². The molecule has 1 aliphatic carbocycles. The second kappa shape index (κ2) is 5.18. The molecule has 3 aliphatic heterocycles. The van der Waals surface area contributed by atoms with Crippen molar-refractivity contribution in [3.63, 3.8) is 0 Å². The molecule has 0 aromatic carbocycles. The maximum absolute atomic E-state index is 13.1. The van der Waals surface area contributed by atoms with Gasteiger partial charge in [-0.2, -0.15) is 0 Å². The minimum Gasteiger partial charge on any atom is -0.396 e. The molecular formula is C18H21N3O4. The van der Waals surface area contributed by atoms with Gasteiger partial charge in [0, 0.05) is 30.8 Å². The molecule has 4 aliphatic rings. The Bertz CT molecular complexity index is 793. The summed E-state index contributed by atoms with van der Waals surface area (Å²) in [7, 11) is 3.57. The molecule has 0 saturated carbocycles. The number of nitrogens with one attached hydrogen (secondary N) is 1. The first-order valence-corrected chi connectivity index (χ1v) is 8.33. The van der Waals surface area contributed by atoms with Gasteiger partial charge in [0.25, 0.3) is 0 Å². The van der Waals surface area contributed by atoms with Crippen LogP contribution in [0.2, 0.25) is 0 Å². The predicted molar refractivity (Wildman–Crippen MR) is 88.9 cm³/mol. The van der Waals surface area contributed by atoms with E-state index in [2.05, 4.69) is 16.1 Å². The van der Waals surface area contributed by atoms with E-state index >= 15 is 0 Å². The van der Waals surface area contributed by atoms with Crippen molar-refractivity contribution in [1.29, 1.82) is 0 Å². The second-order valence-electron chi connectivity index (χ2n) is 6.96. The molecule has 0 bridgehead atoms. The molecule has 5 atom stereocenters. The highest BCUT2D eigenvalue weighted by Gasteiger charge is 2.74. The van der Waals surface area contributed by atoms with Gasteiger partial charge in [0.1, 0.15) is 0 Å². The van der Waals surface area contributed by atoms with Crippen LogP contribution < -0.4 is 5.32 Å². The van der Waals surface area contributed by atoms with Gasteiger partial charge in [-0.25, -0.2) is 0 Å². The summed E-state index contributed by atoms with van der Waals surface area (Å²) in [6.45, 7) is 2.14. The van der Waals surface area contributed by atoms with E-state index in [1.54, 1.807) is 14.0 Å². The molecular weight excluding hydrogens is 322 g/mol. The lowest BCUT2D eigenvalue weighted by atomic mass is 9.82. The fourth-order valence-corrected chi connectivity index (χ4v) is 4.92. The zero-order chi connectivity index (χ0) is 18.1. The molecule has 4 rings (SSSR count). The van der Waals surface area contributed by atoms with Crippen LogP contribution >= 0.6 is 0 Å². The summed E-state index contributed by atoms with van der Waals surface area (Å²) < 4.78 is 5.90. The molecule has 7 nitrogen and oxygen atoms in total. The first-order valence-electron chi connectivity index (χ1n) is 8.33. The quantitative estimate of drug-likeness (QED) is 0.379. The van der Waals surface area contributed by atoms with Crippen molar-refractivity contribution in [2.24, 2.45) is 5.92 Å². The van der Waals surface area contributed by atoms with Crippen molar-refractivity contribution < 1.29 is 19.4 Å². The minimum absolute atomic E-state index is 0.0586. The van der Waals surface area contributed by atoms with Crippen molar-refractivity contribution >= 4 is 11.6 Å². The van der Waals surface area contributed by atoms with E-state index in [0.717, 1.165) is 0 Å². The molecule has 0 aromatic rings. The first-order chi connectivity index (χ1) is 11.9. The normalized spacial score (nSPS) is 38.6. The summed E-state index contributed by atoms with van der Waals surface area (Å²) in [6, 6.07) is 0.333. The lowest BCUT2D eigenvalue weighted by molar-refractivity contribution is -0.144. The highest BCUT2D eigenvalue weighted by molar-refractivity contribution is 6.25. The first kappa shape index (κ1) is 16.3. The maximum Gasteiger partial charge on any atom is 0.208 e. The molecule has 0 amide bonds. The molecule has 0 radical (unpaired) electrons. The zero-order valence-corrected chi connectivity index (χ0v) is 14.5. The van der Waals surface area contributed by atoms with E-state index in [-0.39, 0.29) is 42.5 Å². The lowest BCUT2D eigenvalue weighted by Gasteiger charge is -2.40. The number of Topliss-reactive ketones (excluding diaryl/α,β-unsaturated/α-hetero) is 2. The number of aliphatic hydroxyl groups excluding tert-OH is 1. The average molecular weight is 343 g/mol. The van der Waals surface area contributed by atoms with Gasteiger partial charge >= 0.3 is 0 Å². The van der Waals surface area contributed by atoms with E-state index in [4.69, 9.17) is 11.2 Å². The number of likely N-dealkylation sites (N-methyl/N-ethyl adjacent to an activating group) is 1. The van der Waals surface area contributed by atoms with Gasteiger partial charge in [0.2, 0.25) is 11.6 Å². The van der Waals surface area contributed by atoms with E-state index in [0.29, 0.717) is 23.4 Å². The summed E-state index contributed by atoms with van der Waals surface area (Å²) >= 11 is 0. The molecule has 0 spiro atoms. The van der Waals surface area contributed by atoms with Crippen LogP contribution in [0.15, 0.2) is 22.5 Å². The number of aliphatic hydroxyl groups is 1. The van der Waals surface area contributed by atoms with E-state index < -0.39 is 11.6 Å². The van der Waals surface area contributed by atoms with Crippen molar-refractivity contribution in [3.8, 4) is 12.3 Å². The number of terminal acetylenes is 1. The summed E-state index contributed by atoms with van der Waals surface area (Å²) in [6.07, 6.45) is 5.27. The topological polar surface area (TPSA) is 81.9 Å². The molecule has 2 fully saturated rings. The number of ketones is 2. The summed E-state index contributed by atoms with van der Waals surface area (Å²) in [4.78, 5) is 30.2. The lowest BCUT2D eigenvalue weighted by Crippen LogP contribution is -2.55. The third-order valence-electron chi connectivity index (χ3n) is 6.10. The molecule has 2 saturated heterocycles. The van der Waals surface area contributed by atoms with Gasteiger partial charge < -0.3 is 20.1 Å². The Morgan fingerprint density at radius 2 is 2.16 bits per heavy atom. The van der Waals surface area contributed by atoms with Gasteiger partial charge in [0.05, 0.1) is 36.5 Å². The van der Waals surface area contributed by atoms with Crippen LogP contribution in [-0.2, 0) is 14.3 Å². The highest BCUT2D eigenvalue weighted by atomic mass is 16.5. The third kappa shape index (κ3) is 1.72. The SMILES string of the molecule is C#CCNC1=C(C)C(=O)C2=C(C1=O)C(CO)C1(OC)C3C(CN21)N3C. The molecule has 25 heavy (non-hydrogen) atoms. The van der Waals surface area contributed by atoms with Gasteiger partial charge in [0.15, 0.2) is 5.72 Å². The number of fused-ring (bicyclic) bond motifs is 4. The van der Waals surface area contributed by atoms with E-state index in [1.165, 1.54) is 0 Å². The number of rotatable bonds is 4. The van der Waals surface area contributed by atoms with Crippen LogP contribution in [0.1, 0.15) is 6.92 Å². The zero-order valence-electron chi connectivity index (χ0n) is 14.5. The maximum atomic E-state index is 13.1. The van der Waals surface area contributed by atoms with Gasteiger partial charge in [-0.05, 0) is 14.0 Å². The number of methoxy groups -OCH3 is 1. The number of allylic oxidation sites excluding steroid dienone is 2. The van der Waals surface area contributed by atoms with Crippen molar-refractivity contribution in [3.05, 3.63) is 22.5 Å². The minimum atomic E-state index is -0.869. The standard InChI is InChI=1S/C18H21N3O4/c1-5-6-19-13-9(2)15(23)14-12(16(13)24)10(8-22)18(25-4)17-11(20(17)3)7-21(14)18/h1,10-11,17,19,22H,6-8H2,2-4H3. The Balaban J connectivity index is 1.82. The Kier molecular flexibility index (Phi) is 3.38. The fraction of sp³-hybridized carbons (Fsp3) is 0.556. The number of hydrogen-bond acceptors (Lipinski definition) is 7. The Morgan fingerprint density at radius 3 is 2.76 bits per heavy atom. The van der Waals surface area contributed by atoms with Crippen LogP contribution in [-0.4, -0.2) is 78.1 Å². The molecule has 3 heterocycles. The summed E-state index contributed by atoms with van der Waals surface area (Å²) in [5.74, 6) is 1.38. The number of piperazine rings is 1. The number of carbonyl (C=O) groups excluding carboxylic acids is 2. The molecule has 5 unspecified atom stereocenters. The molecule has 2 N–H and O–H groups in total. The van der Waals surface area contributed by atoms with Crippen LogP contribution in [0.4, 0.5) is 0 Å². The number of carbonyl (C=O) groups is 2. The molecule has 132 valence electrons. The number of nitrogens with zero attached hydrogens (tertiary/aromatic N) is 2. The molecule has 0 aromatic heterocycles. The van der Waals surface area contributed by atoms with Crippen LogP contribution in [0, 0.1) is 18.3 Å².